The summed E-state index contributed by atoms with van der Waals surface area (Å²) in [5.74, 6) is 0.575. The molecular weight excluding hydrogens is 238 g/mol. The summed E-state index contributed by atoms with van der Waals surface area (Å²) in [7, 11) is 1.41. The van der Waals surface area contributed by atoms with E-state index < -0.39 is 5.54 Å². The number of likely N-dealkylation sites (N-methyl/N-ethyl adjacent to an activating group) is 1. The predicted molar refractivity (Wildman–Crippen MR) is 68.0 cm³/mol. The minimum absolute atomic E-state index is 0.223. The molecule has 0 radical (unpaired) electrons. The van der Waals surface area contributed by atoms with Gasteiger partial charge in [0, 0.05) is 18.1 Å². The maximum Gasteiger partial charge on any atom is 0.325 e. The van der Waals surface area contributed by atoms with Gasteiger partial charge in [0.2, 0.25) is 0 Å². The van der Waals surface area contributed by atoms with E-state index in [9.17, 15) is 4.79 Å². The highest BCUT2D eigenvalue weighted by atomic mass is 32.2. The molecule has 0 saturated carbocycles. The van der Waals surface area contributed by atoms with Crippen molar-refractivity contribution in [2.75, 3.05) is 19.4 Å². The van der Waals surface area contributed by atoms with Gasteiger partial charge in [-0.1, -0.05) is 18.7 Å². The number of aromatic nitrogens is 2. The number of thioether (sulfide) groups is 1. The van der Waals surface area contributed by atoms with Crippen LogP contribution in [0.3, 0.4) is 0 Å². The molecule has 2 N–H and O–H groups in total. The standard InChI is InChI=1S/C11H19N3O2S/c1-4-14-11(2,9(15)16-3)5-8-17-10-12-6-7-13-10/h6-7,14H,4-5,8H2,1-3H3,(H,12,13). The normalized spacial score (nSPS) is 14.3. The lowest BCUT2D eigenvalue weighted by molar-refractivity contribution is -0.147. The number of H-pyrrole nitrogens is 1. The number of nitrogens with zero attached hydrogens (tertiary/aromatic N) is 1. The monoisotopic (exact) mass is 257 g/mol. The maximum atomic E-state index is 11.7. The largest absolute Gasteiger partial charge is 0.468 e. The molecule has 0 bridgehead atoms. The second-order valence-electron chi connectivity index (χ2n) is 3.85. The molecule has 1 unspecified atom stereocenters. The van der Waals surface area contributed by atoms with Crippen LogP contribution in [-0.4, -0.2) is 40.9 Å². The summed E-state index contributed by atoms with van der Waals surface area (Å²) in [5.41, 5.74) is -0.622. The number of imidazole rings is 1. The molecule has 0 aromatic carbocycles. The fraction of sp³-hybridized carbons (Fsp3) is 0.636. The molecule has 0 amide bonds. The molecule has 5 nitrogen and oxygen atoms in total. The molecular formula is C11H19N3O2S. The summed E-state index contributed by atoms with van der Waals surface area (Å²) in [6.45, 7) is 4.57. The van der Waals surface area contributed by atoms with Crippen LogP contribution in [0.2, 0.25) is 0 Å². The van der Waals surface area contributed by atoms with Crippen LogP contribution in [0.25, 0.3) is 0 Å². The third kappa shape index (κ3) is 4.05. The average Bonchev–Trinajstić information content (AvgIpc) is 2.81. The third-order valence-electron chi connectivity index (χ3n) is 2.52. The lowest BCUT2D eigenvalue weighted by atomic mass is 9.99. The van der Waals surface area contributed by atoms with Gasteiger partial charge >= 0.3 is 5.97 Å². The van der Waals surface area contributed by atoms with Gasteiger partial charge in [-0.2, -0.15) is 0 Å². The van der Waals surface area contributed by atoms with Crippen LogP contribution in [0.1, 0.15) is 20.3 Å². The Bertz CT molecular complexity index is 342. The number of esters is 1. The Morgan fingerprint density at radius 2 is 2.47 bits per heavy atom. The van der Waals surface area contributed by atoms with Gasteiger partial charge in [-0.25, -0.2) is 4.98 Å². The molecule has 0 spiro atoms. The van der Waals surface area contributed by atoms with E-state index in [0.29, 0.717) is 6.42 Å². The number of methoxy groups -OCH3 is 1. The van der Waals surface area contributed by atoms with Crippen LogP contribution < -0.4 is 5.32 Å². The van der Waals surface area contributed by atoms with Crippen LogP contribution in [0.5, 0.6) is 0 Å². The summed E-state index contributed by atoms with van der Waals surface area (Å²) in [5, 5.41) is 4.04. The highest BCUT2D eigenvalue weighted by Crippen LogP contribution is 2.19. The van der Waals surface area contributed by atoms with Gasteiger partial charge in [-0.3, -0.25) is 4.79 Å². The van der Waals surface area contributed by atoms with E-state index >= 15 is 0 Å². The zero-order valence-corrected chi connectivity index (χ0v) is 11.3. The van der Waals surface area contributed by atoms with Gasteiger partial charge in [0.05, 0.1) is 7.11 Å². The summed E-state index contributed by atoms with van der Waals surface area (Å²) in [6, 6.07) is 0. The van der Waals surface area contributed by atoms with E-state index in [1.54, 1.807) is 24.2 Å². The molecule has 1 aromatic heterocycles. The number of aromatic amines is 1. The zero-order valence-electron chi connectivity index (χ0n) is 10.4. The first-order chi connectivity index (χ1) is 8.12. The molecule has 0 aliphatic heterocycles. The summed E-state index contributed by atoms with van der Waals surface area (Å²) >= 11 is 1.59. The zero-order chi connectivity index (χ0) is 12.7. The van der Waals surface area contributed by atoms with Crippen LogP contribution in [0.4, 0.5) is 0 Å². The van der Waals surface area contributed by atoms with E-state index in [2.05, 4.69) is 15.3 Å². The SMILES string of the molecule is CCNC(C)(CCSc1ncc[nH]1)C(=O)OC. The number of hydrogen-bond donors (Lipinski definition) is 2. The summed E-state index contributed by atoms with van der Waals surface area (Å²) in [4.78, 5) is 18.8. The Hall–Kier alpha value is -1.01. The van der Waals surface area contributed by atoms with Crippen molar-refractivity contribution >= 4 is 17.7 Å². The van der Waals surface area contributed by atoms with Gasteiger partial charge in [0.1, 0.15) is 5.54 Å². The van der Waals surface area contributed by atoms with Crippen molar-refractivity contribution < 1.29 is 9.53 Å². The van der Waals surface area contributed by atoms with E-state index in [4.69, 9.17) is 4.74 Å². The Morgan fingerprint density at radius 3 is 3.00 bits per heavy atom. The van der Waals surface area contributed by atoms with Gasteiger partial charge in [0.25, 0.3) is 0 Å². The topological polar surface area (TPSA) is 67.0 Å². The number of rotatable bonds is 7. The first kappa shape index (κ1) is 14.1. The second-order valence-corrected chi connectivity index (χ2v) is 4.93. The van der Waals surface area contributed by atoms with Gasteiger partial charge in [-0.05, 0) is 19.9 Å². The molecule has 6 heteroatoms. The predicted octanol–water partition coefficient (Wildman–Crippen LogP) is 1.43. The number of carbonyl (C=O) groups is 1. The number of carbonyl (C=O) groups excluding carboxylic acids is 1. The molecule has 0 aliphatic rings. The van der Waals surface area contributed by atoms with Gasteiger partial charge in [-0.15, -0.1) is 0 Å². The van der Waals surface area contributed by atoms with Crippen molar-refractivity contribution in [3.63, 3.8) is 0 Å². The molecule has 1 aromatic rings. The molecule has 1 rings (SSSR count). The number of hydrogen-bond acceptors (Lipinski definition) is 5. The first-order valence-corrected chi connectivity index (χ1v) is 6.56. The Balaban J connectivity index is 2.46. The van der Waals surface area contributed by atoms with Crippen LogP contribution in [0.15, 0.2) is 17.6 Å². The van der Waals surface area contributed by atoms with Crippen molar-refractivity contribution in [2.24, 2.45) is 0 Å². The van der Waals surface area contributed by atoms with Crippen LogP contribution >= 0.6 is 11.8 Å². The molecule has 0 saturated heterocycles. The number of ether oxygens (including phenoxy) is 1. The smallest absolute Gasteiger partial charge is 0.325 e. The van der Waals surface area contributed by atoms with Crippen LogP contribution in [-0.2, 0) is 9.53 Å². The molecule has 1 atom stereocenters. The van der Waals surface area contributed by atoms with E-state index in [1.165, 1.54) is 7.11 Å². The number of nitrogens with one attached hydrogen (secondary N) is 2. The van der Waals surface area contributed by atoms with Crippen molar-refractivity contribution in [2.45, 2.75) is 31.0 Å². The van der Waals surface area contributed by atoms with E-state index in [-0.39, 0.29) is 5.97 Å². The molecule has 0 fully saturated rings. The van der Waals surface area contributed by atoms with Gasteiger partial charge in [0.15, 0.2) is 5.16 Å². The summed E-state index contributed by atoms with van der Waals surface area (Å²) in [6.07, 6.45) is 4.19. The molecule has 0 aliphatic carbocycles. The highest BCUT2D eigenvalue weighted by molar-refractivity contribution is 7.99. The van der Waals surface area contributed by atoms with Crippen molar-refractivity contribution in [3.05, 3.63) is 12.4 Å². The summed E-state index contributed by atoms with van der Waals surface area (Å²) < 4.78 is 4.82. The Kier molecular flexibility index (Phi) is 5.50. The van der Waals surface area contributed by atoms with Crippen molar-refractivity contribution in [1.29, 1.82) is 0 Å². The fourth-order valence-electron chi connectivity index (χ4n) is 1.56. The second kappa shape index (κ2) is 6.66. The van der Waals surface area contributed by atoms with E-state index in [0.717, 1.165) is 17.5 Å². The Labute approximate surface area is 106 Å². The fourth-order valence-corrected chi connectivity index (χ4v) is 2.55. The lowest BCUT2D eigenvalue weighted by Gasteiger charge is -2.27. The molecule has 96 valence electrons. The average molecular weight is 257 g/mol. The quantitative estimate of drug-likeness (QED) is 0.571. The first-order valence-electron chi connectivity index (χ1n) is 5.58. The van der Waals surface area contributed by atoms with E-state index in [1.807, 2.05) is 13.8 Å². The molecule has 17 heavy (non-hydrogen) atoms. The van der Waals surface area contributed by atoms with Crippen LogP contribution in [0, 0.1) is 0 Å². The molecule has 1 heterocycles. The third-order valence-corrected chi connectivity index (χ3v) is 3.42. The maximum absolute atomic E-state index is 11.7. The van der Waals surface area contributed by atoms with Gasteiger partial charge < -0.3 is 15.0 Å². The Morgan fingerprint density at radius 1 is 1.71 bits per heavy atom. The highest BCUT2D eigenvalue weighted by Gasteiger charge is 2.32. The van der Waals surface area contributed by atoms with Crippen molar-refractivity contribution in [3.8, 4) is 0 Å². The minimum Gasteiger partial charge on any atom is -0.468 e. The lowest BCUT2D eigenvalue weighted by Crippen LogP contribution is -2.50. The minimum atomic E-state index is -0.622. The van der Waals surface area contributed by atoms with Crippen molar-refractivity contribution in [1.82, 2.24) is 15.3 Å².